The number of aryl methyl sites for hydroxylation is 3. The van der Waals surface area contributed by atoms with E-state index < -0.39 is 35.3 Å². The van der Waals surface area contributed by atoms with E-state index in [1.54, 1.807) is 57.9 Å². The summed E-state index contributed by atoms with van der Waals surface area (Å²) in [5, 5.41) is 40.2. The Morgan fingerprint density at radius 3 is 1.42 bits per heavy atom. The van der Waals surface area contributed by atoms with Crippen LogP contribution in [0.25, 0.3) is 54.5 Å². The lowest BCUT2D eigenvalue weighted by Crippen LogP contribution is -2.16. The maximum atomic E-state index is 14.6. The van der Waals surface area contributed by atoms with Crippen molar-refractivity contribution in [3.63, 3.8) is 0 Å². The molecule has 108 heavy (non-hydrogen) atoms. The van der Waals surface area contributed by atoms with Crippen molar-refractivity contribution in [3.05, 3.63) is 145 Å². The first-order valence-electron chi connectivity index (χ1n) is 34.1. The molecule has 0 aliphatic heterocycles. The van der Waals surface area contributed by atoms with Crippen molar-refractivity contribution in [2.75, 3.05) is 83.8 Å². The van der Waals surface area contributed by atoms with Crippen molar-refractivity contribution in [3.8, 4) is 40.9 Å². The smallest absolute Gasteiger partial charge is 0.420 e. The summed E-state index contributed by atoms with van der Waals surface area (Å²) < 4.78 is 127. The predicted molar refractivity (Wildman–Crippen MR) is 395 cm³/mol. The third-order valence-corrected chi connectivity index (χ3v) is 19.1. The van der Waals surface area contributed by atoms with Gasteiger partial charge in [0.1, 0.15) is 35.0 Å². The fourth-order valence-electron chi connectivity index (χ4n) is 13.4. The number of halogens is 5. The Balaban J connectivity index is 0.000000212. The molecule has 0 fully saturated rings. The normalized spacial score (nSPS) is 11.2. The SMILES string of the molecule is CCOC(=O)C(CC)c1c(C)n(CC)c2cc(C(F)(F)F)c(OC)cc12.COC(=O)Cc1c(C)n(C)c2cc(C#N)c(OC)cc12.COC(=O)Cc1c(C)n(C)c2ccc(OC)c(C#N)c12.COC(=O)Cc1c(C)n(CCO)c2cc(F)c(OC)cc12.COC(=O)Cc1c(C)n(CCO)c2ccc(OC)c(F)c12. The number of ether oxygens (including phenoxy) is 10. The van der Waals surface area contributed by atoms with Gasteiger partial charge in [0.05, 0.1) is 138 Å². The van der Waals surface area contributed by atoms with E-state index in [2.05, 4.69) is 16.9 Å². The van der Waals surface area contributed by atoms with Crippen LogP contribution in [-0.4, -0.2) is 147 Å². The summed E-state index contributed by atoms with van der Waals surface area (Å²) in [4.78, 5) is 58.7. The average molecular weight is 1510 g/mol. The van der Waals surface area contributed by atoms with E-state index in [0.29, 0.717) is 87.1 Å². The summed E-state index contributed by atoms with van der Waals surface area (Å²) in [5.41, 5.74) is 11.5. The Bertz CT molecular complexity index is 5050. The van der Waals surface area contributed by atoms with E-state index in [-0.39, 0.29) is 86.6 Å². The van der Waals surface area contributed by atoms with Gasteiger partial charge < -0.3 is 80.4 Å². The third-order valence-electron chi connectivity index (χ3n) is 19.1. The Kier molecular flexibility index (Phi) is 30.0. The topological polar surface area (TPSA) is 290 Å². The van der Waals surface area contributed by atoms with Crippen LogP contribution in [0.3, 0.4) is 0 Å². The molecule has 0 amide bonds. The predicted octanol–water partition coefficient (Wildman–Crippen LogP) is 12.8. The number of carbonyl (C=O) groups is 5. The molecule has 0 saturated heterocycles. The maximum Gasteiger partial charge on any atom is 0.420 e. The van der Waals surface area contributed by atoms with E-state index in [0.717, 1.165) is 78.4 Å². The number of hydrogen-bond acceptors (Lipinski definition) is 19. The highest BCUT2D eigenvalue weighted by Crippen LogP contribution is 2.44. The molecule has 10 rings (SSSR count). The molecule has 0 radical (unpaired) electrons. The summed E-state index contributed by atoms with van der Waals surface area (Å²) >= 11 is 0. The van der Waals surface area contributed by atoms with Gasteiger partial charge in [0.15, 0.2) is 23.1 Å². The molecule has 5 heterocycles. The second-order valence-corrected chi connectivity index (χ2v) is 24.5. The Labute approximate surface area is 622 Å². The monoisotopic (exact) mass is 1510 g/mol. The van der Waals surface area contributed by atoms with Crippen molar-refractivity contribution < 1.29 is 104 Å². The quantitative estimate of drug-likeness (QED) is 0.0362. The van der Waals surface area contributed by atoms with Crippen molar-refractivity contribution in [2.24, 2.45) is 14.1 Å². The van der Waals surface area contributed by atoms with Gasteiger partial charge in [0, 0.05) is 112 Å². The van der Waals surface area contributed by atoms with Gasteiger partial charge in [-0.1, -0.05) is 6.92 Å². The molecule has 0 bridgehead atoms. The minimum Gasteiger partial charge on any atom is -0.496 e. The van der Waals surface area contributed by atoms with Crippen LogP contribution < -0.4 is 23.7 Å². The maximum absolute atomic E-state index is 14.6. The number of aliphatic hydroxyl groups is 2. The minimum absolute atomic E-state index is 0.0264. The van der Waals surface area contributed by atoms with Gasteiger partial charge in [0.25, 0.3) is 0 Å². The standard InChI is InChI=1S/C19H24F3NO3.2C15H18FNO4.2C15H16N2O3/c1-6-12(18(24)26-8-3)17-11(4)23(7-2)15-10-14(19(20,21)22)16(25-5)9-13(15)17;1-9-10(7-15(19)21-3)11-6-14(20-2)12(16)8-13(11)17(9)4-5-18;1-9-10(8-13(19)21-3)14-11(17(9)6-7-18)4-5-12(20-2)15(14)16;1-9-11(7-15(18)20-4)12-6-14(19-3)10(8-16)5-13(12)17(9)2;1-9-10(7-14(18)20-4)15-11(8-16)13(19-3)6-5-12(15)17(9)2/h9-10,12H,6-8H2,1-5H3;6,8,18H,4-5,7H2,1-3H3;4-5,18H,6-8H2,1-3H3;2*5-6H,7H2,1-4H3. The van der Waals surface area contributed by atoms with E-state index in [1.807, 2.05) is 70.8 Å². The summed E-state index contributed by atoms with van der Waals surface area (Å²) in [6.45, 7) is 16.0. The van der Waals surface area contributed by atoms with Gasteiger partial charge in [0.2, 0.25) is 0 Å². The molecule has 0 saturated carbocycles. The van der Waals surface area contributed by atoms with Crippen LogP contribution in [-0.2, 0) is 113 Å². The molecular weight excluding hydrogens is 1410 g/mol. The number of nitriles is 2. The summed E-state index contributed by atoms with van der Waals surface area (Å²) in [6, 6.07) is 20.2. The zero-order chi connectivity index (χ0) is 80.5. The van der Waals surface area contributed by atoms with Gasteiger partial charge in [-0.3, -0.25) is 24.0 Å². The fraction of sp³-hybridized carbons (Fsp3) is 0.405. The van der Waals surface area contributed by atoms with Gasteiger partial charge >= 0.3 is 36.0 Å². The van der Waals surface area contributed by atoms with Crippen LogP contribution in [0.1, 0.15) is 106 Å². The molecule has 0 spiro atoms. The Morgan fingerprint density at radius 2 is 0.935 bits per heavy atom. The Morgan fingerprint density at radius 1 is 0.491 bits per heavy atom. The number of esters is 5. The highest BCUT2D eigenvalue weighted by atomic mass is 19.4. The number of nitrogens with zero attached hydrogens (tertiary/aromatic N) is 7. The zero-order valence-electron chi connectivity index (χ0n) is 64.2. The van der Waals surface area contributed by atoms with E-state index in [1.165, 1.54) is 82.2 Å². The van der Waals surface area contributed by atoms with Crippen LogP contribution in [0.4, 0.5) is 22.0 Å². The molecule has 580 valence electrons. The number of rotatable bonds is 22. The first-order valence-corrected chi connectivity index (χ1v) is 34.1. The molecule has 0 aliphatic rings. The molecule has 29 heteroatoms. The number of aromatic nitrogens is 5. The molecule has 1 atom stereocenters. The van der Waals surface area contributed by atoms with Crippen LogP contribution in [0.15, 0.2) is 60.7 Å². The molecule has 10 aromatic rings. The minimum atomic E-state index is -4.53. The van der Waals surface area contributed by atoms with Gasteiger partial charge in [-0.05, 0) is 137 Å². The second kappa shape index (κ2) is 37.8. The number of aliphatic hydroxyl groups excluding tert-OH is 2. The molecule has 1 unspecified atom stereocenters. The fourth-order valence-corrected chi connectivity index (χ4v) is 13.4. The van der Waals surface area contributed by atoms with Gasteiger partial charge in [-0.2, -0.15) is 23.7 Å². The molecule has 0 aliphatic carbocycles. The number of methoxy groups -OCH3 is 9. The van der Waals surface area contributed by atoms with Crippen LogP contribution in [0.2, 0.25) is 0 Å². The van der Waals surface area contributed by atoms with Crippen molar-refractivity contribution >= 4 is 84.4 Å². The van der Waals surface area contributed by atoms with Crippen LogP contribution in [0.5, 0.6) is 28.7 Å². The number of hydrogen-bond donors (Lipinski definition) is 2. The number of benzene rings is 5. The van der Waals surface area contributed by atoms with Crippen LogP contribution >= 0.6 is 0 Å². The molecule has 2 N–H and O–H groups in total. The third kappa shape index (κ3) is 17.9. The Hall–Kier alpha value is -11.3. The summed E-state index contributed by atoms with van der Waals surface area (Å²) in [5.74, 6) is -2.31. The summed E-state index contributed by atoms with van der Waals surface area (Å²) in [7, 11) is 16.2. The first kappa shape index (κ1) is 85.6. The average Bonchev–Trinajstić information content (AvgIpc) is 1.68. The number of alkyl halides is 3. The lowest BCUT2D eigenvalue weighted by molar-refractivity contribution is -0.145. The van der Waals surface area contributed by atoms with Crippen LogP contribution in [0, 0.1) is 68.9 Å². The van der Waals surface area contributed by atoms with Crippen molar-refractivity contribution in [1.82, 2.24) is 22.8 Å². The highest BCUT2D eigenvalue weighted by molar-refractivity contribution is 5.97. The van der Waals surface area contributed by atoms with Gasteiger partial charge in [-0.15, -0.1) is 0 Å². The number of fused-ring (bicyclic) bond motifs is 5. The lowest BCUT2D eigenvalue weighted by atomic mass is 9.93. The largest absolute Gasteiger partial charge is 0.496 e. The molecule has 5 aromatic heterocycles. The van der Waals surface area contributed by atoms with E-state index in [9.17, 15) is 61.4 Å². The summed E-state index contributed by atoms with van der Waals surface area (Å²) in [6.07, 6.45) is -3.63. The highest BCUT2D eigenvalue weighted by Gasteiger charge is 2.37. The van der Waals surface area contributed by atoms with Crippen molar-refractivity contribution in [1.29, 1.82) is 10.5 Å². The molecule has 5 aromatic carbocycles. The number of carbonyl (C=O) groups excluding carboxylic acids is 5. The second-order valence-electron chi connectivity index (χ2n) is 24.5. The first-order chi connectivity index (χ1) is 51.3. The van der Waals surface area contributed by atoms with Gasteiger partial charge in [-0.25, -0.2) is 8.78 Å². The molecular formula is C79H92F5N7O17. The van der Waals surface area contributed by atoms with E-state index >= 15 is 0 Å². The van der Waals surface area contributed by atoms with Crippen molar-refractivity contribution in [2.45, 2.75) is 119 Å². The zero-order valence-corrected chi connectivity index (χ0v) is 64.2. The molecule has 24 nitrogen and oxygen atoms in total. The van der Waals surface area contributed by atoms with E-state index in [4.69, 9.17) is 47.9 Å². The lowest BCUT2D eigenvalue weighted by Gasteiger charge is -2.16.